The van der Waals surface area contributed by atoms with E-state index in [1.54, 1.807) is 51.3 Å². The number of nitrogens with zero attached hydrogens (tertiary/aromatic N) is 3. The van der Waals surface area contributed by atoms with Crippen LogP contribution in [0.2, 0.25) is 0 Å². The second-order valence-electron chi connectivity index (χ2n) is 11.1. The molecule has 1 aromatic rings. The van der Waals surface area contributed by atoms with Crippen LogP contribution in [0.3, 0.4) is 0 Å². The van der Waals surface area contributed by atoms with E-state index in [4.69, 9.17) is 9.47 Å². The molecule has 0 aliphatic carbocycles. The zero-order valence-electron chi connectivity index (χ0n) is 22.1. The summed E-state index contributed by atoms with van der Waals surface area (Å²) in [5, 5.41) is 2.68. The van der Waals surface area contributed by atoms with E-state index >= 15 is 0 Å². The van der Waals surface area contributed by atoms with Gasteiger partial charge in [-0.1, -0.05) is 13.8 Å². The second kappa shape index (κ2) is 11.1. The summed E-state index contributed by atoms with van der Waals surface area (Å²) in [7, 11) is 0. The van der Waals surface area contributed by atoms with Gasteiger partial charge >= 0.3 is 12.1 Å². The van der Waals surface area contributed by atoms with Gasteiger partial charge in [0, 0.05) is 26.2 Å². The van der Waals surface area contributed by atoms with Crippen LogP contribution in [0.5, 0.6) is 0 Å². The molecule has 2 heterocycles. The van der Waals surface area contributed by atoms with Crippen molar-refractivity contribution in [3.63, 3.8) is 0 Å². The summed E-state index contributed by atoms with van der Waals surface area (Å²) in [5.41, 5.74) is -1.37. The third-order valence-electron chi connectivity index (χ3n) is 4.99. The predicted molar refractivity (Wildman–Crippen MR) is 129 cm³/mol. The Bertz CT molecular complexity index is 920. The van der Waals surface area contributed by atoms with Crippen molar-refractivity contribution in [2.45, 2.75) is 79.1 Å². The van der Waals surface area contributed by atoms with Crippen molar-refractivity contribution < 1.29 is 28.7 Å². The van der Waals surface area contributed by atoms with Crippen LogP contribution in [0.1, 0.15) is 82.8 Å². The summed E-state index contributed by atoms with van der Waals surface area (Å²) >= 11 is 0. The van der Waals surface area contributed by atoms with E-state index in [-0.39, 0.29) is 30.4 Å². The minimum Gasteiger partial charge on any atom is -0.458 e. The molecule has 196 valence electrons. The summed E-state index contributed by atoms with van der Waals surface area (Å²) in [6.45, 7) is 15.7. The third-order valence-corrected chi connectivity index (χ3v) is 4.99. The summed E-state index contributed by atoms with van der Waals surface area (Å²) in [5.74, 6) is -1.47. The molecule has 11 nitrogen and oxygen atoms in total. The Morgan fingerprint density at radius 3 is 2.03 bits per heavy atom. The van der Waals surface area contributed by atoms with Crippen molar-refractivity contribution in [3.05, 3.63) is 17.7 Å². The zero-order valence-corrected chi connectivity index (χ0v) is 22.1. The van der Waals surface area contributed by atoms with Crippen molar-refractivity contribution in [1.82, 2.24) is 25.1 Å². The van der Waals surface area contributed by atoms with Crippen LogP contribution in [0.25, 0.3) is 0 Å². The predicted octanol–water partition coefficient (Wildman–Crippen LogP) is 2.59. The van der Waals surface area contributed by atoms with Gasteiger partial charge in [-0.25, -0.2) is 14.6 Å². The fraction of sp³-hybridized carbons (Fsp3) is 0.708. The van der Waals surface area contributed by atoms with Gasteiger partial charge in [0.05, 0.1) is 6.33 Å². The first-order valence-electron chi connectivity index (χ1n) is 11.9. The number of carbonyl (C=O) groups excluding carboxylic acids is 4. The molecule has 1 aromatic heterocycles. The molecular weight excluding hydrogens is 454 g/mol. The lowest BCUT2D eigenvalue weighted by Crippen LogP contribution is -2.52. The van der Waals surface area contributed by atoms with Crippen molar-refractivity contribution in [2.24, 2.45) is 5.92 Å². The molecule has 11 heteroatoms. The molecule has 2 N–H and O–H groups in total. The summed E-state index contributed by atoms with van der Waals surface area (Å²) in [6.07, 6.45) is 1.22. The number of hydrogen-bond donors (Lipinski definition) is 2. The average molecular weight is 494 g/mol. The Labute approximate surface area is 206 Å². The normalized spacial score (nSPS) is 15.6. The first kappa shape index (κ1) is 28.1. The zero-order chi connectivity index (χ0) is 26.6. The molecule has 35 heavy (non-hydrogen) atoms. The number of rotatable bonds is 6. The van der Waals surface area contributed by atoms with E-state index in [0.29, 0.717) is 19.5 Å². The maximum Gasteiger partial charge on any atom is 0.410 e. The number of aromatic amines is 1. The molecule has 1 fully saturated rings. The summed E-state index contributed by atoms with van der Waals surface area (Å²) in [6, 6.07) is -0.876. The van der Waals surface area contributed by atoms with Gasteiger partial charge in [-0.2, -0.15) is 0 Å². The van der Waals surface area contributed by atoms with E-state index in [2.05, 4.69) is 15.3 Å². The molecular formula is C24H39N5O6. The molecule has 0 spiro atoms. The molecule has 3 amide bonds. The topological polar surface area (TPSA) is 134 Å². The van der Waals surface area contributed by atoms with Crippen LogP contribution < -0.4 is 5.32 Å². The molecule has 1 atom stereocenters. The van der Waals surface area contributed by atoms with E-state index in [1.165, 1.54) is 6.33 Å². The number of amides is 3. The van der Waals surface area contributed by atoms with Crippen molar-refractivity contribution in [3.8, 4) is 0 Å². The quantitative estimate of drug-likeness (QED) is 0.582. The highest BCUT2D eigenvalue weighted by atomic mass is 16.6. The molecule has 0 bridgehead atoms. The first-order chi connectivity index (χ1) is 16.1. The largest absolute Gasteiger partial charge is 0.458 e. The number of piperazine rings is 1. The number of carbonyl (C=O) groups is 4. The van der Waals surface area contributed by atoms with E-state index < -0.39 is 41.1 Å². The van der Waals surface area contributed by atoms with Crippen LogP contribution in [0.15, 0.2) is 6.33 Å². The SMILES string of the molecule is CC(C)C[C@H](NC(=O)c1nc[nH]c1C(=O)N1CCN(C(=O)OC(C)(C)C)CC1)C(=O)OC(C)(C)C. The maximum atomic E-state index is 13.1. The van der Waals surface area contributed by atoms with Crippen LogP contribution in [-0.2, 0) is 14.3 Å². The molecule has 0 aromatic carbocycles. The van der Waals surface area contributed by atoms with Crippen molar-refractivity contribution >= 4 is 23.9 Å². The molecule has 0 saturated carbocycles. The minimum absolute atomic E-state index is 0.0284. The van der Waals surface area contributed by atoms with E-state index in [9.17, 15) is 19.2 Å². The Morgan fingerprint density at radius 2 is 1.51 bits per heavy atom. The van der Waals surface area contributed by atoms with Crippen LogP contribution in [0, 0.1) is 5.92 Å². The number of aromatic nitrogens is 2. The highest BCUT2D eigenvalue weighted by Gasteiger charge is 2.33. The maximum absolute atomic E-state index is 13.1. The van der Waals surface area contributed by atoms with Crippen LogP contribution >= 0.6 is 0 Å². The monoisotopic (exact) mass is 493 g/mol. The molecule has 1 saturated heterocycles. The highest BCUT2D eigenvalue weighted by Crippen LogP contribution is 2.16. The van der Waals surface area contributed by atoms with Crippen LogP contribution in [-0.4, -0.2) is 87.1 Å². The van der Waals surface area contributed by atoms with E-state index in [1.807, 2.05) is 13.8 Å². The minimum atomic E-state index is -0.876. The Hall–Kier alpha value is -3.11. The Balaban J connectivity index is 2.07. The fourth-order valence-electron chi connectivity index (χ4n) is 3.49. The number of hydrogen-bond acceptors (Lipinski definition) is 7. The number of imidazole rings is 1. The van der Waals surface area contributed by atoms with Gasteiger partial charge in [-0.05, 0) is 53.9 Å². The lowest BCUT2D eigenvalue weighted by Gasteiger charge is -2.35. The highest BCUT2D eigenvalue weighted by molar-refractivity contribution is 6.05. The summed E-state index contributed by atoms with van der Waals surface area (Å²) < 4.78 is 10.8. The number of H-pyrrole nitrogens is 1. The smallest absolute Gasteiger partial charge is 0.410 e. The van der Waals surface area contributed by atoms with Gasteiger partial charge in [-0.3, -0.25) is 9.59 Å². The number of ether oxygens (including phenoxy) is 2. The molecule has 0 radical (unpaired) electrons. The van der Waals surface area contributed by atoms with Gasteiger partial charge in [0.1, 0.15) is 22.9 Å². The lowest BCUT2D eigenvalue weighted by molar-refractivity contribution is -0.157. The average Bonchev–Trinajstić information content (AvgIpc) is 3.20. The van der Waals surface area contributed by atoms with Crippen molar-refractivity contribution in [1.29, 1.82) is 0 Å². The van der Waals surface area contributed by atoms with Crippen molar-refractivity contribution in [2.75, 3.05) is 26.2 Å². The third kappa shape index (κ3) is 8.56. The van der Waals surface area contributed by atoms with Crippen LogP contribution in [0.4, 0.5) is 4.79 Å². The fourth-order valence-corrected chi connectivity index (χ4v) is 3.49. The lowest BCUT2D eigenvalue weighted by atomic mass is 10.0. The summed E-state index contributed by atoms with van der Waals surface area (Å²) in [4.78, 5) is 60.9. The standard InChI is InChI=1S/C24H39N5O6/c1-15(2)13-16(21(32)34-23(3,4)5)27-19(30)17-18(26-14-25-17)20(31)28-9-11-29(12-10-28)22(33)35-24(6,7)8/h14-16H,9-13H2,1-8H3,(H,25,26)(H,27,30)/t16-/m0/s1. The first-order valence-corrected chi connectivity index (χ1v) is 11.9. The van der Waals surface area contributed by atoms with Gasteiger partial charge in [-0.15, -0.1) is 0 Å². The number of esters is 1. The van der Waals surface area contributed by atoms with E-state index in [0.717, 1.165) is 0 Å². The second-order valence-corrected chi connectivity index (χ2v) is 11.1. The van der Waals surface area contributed by atoms with Gasteiger partial charge in [0.2, 0.25) is 0 Å². The van der Waals surface area contributed by atoms with Gasteiger partial charge < -0.3 is 29.6 Å². The molecule has 1 aliphatic rings. The number of nitrogens with one attached hydrogen (secondary N) is 2. The molecule has 0 unspecified atom stereocenters. The van der Waals surface area contributed by atoms with Gasteiger partial charge in [0.15, 0.2) is 5.69 Å². The molecule has 1 aliphatic heterocycles. The molecule has 2 rings (SSSR count). The Morgan fingerprint density at radius 1 is 0.971 bits per heavy atom. The van der Waals surface area contributed by atoms with Gasteiger partial charge in [0.25, 0.3) is 11.8 Å². The Kier molecular flexibility index (Phi) is 8.91.